The van der Waals surface area contributed by atoms with Gasteiger partial charge in [0.1, 0.15) is 12.4 Å². The van der Waals surface area contributed by atoms with Crippen molar-refractivity contribution in [3.05, 3.63) is 51.9 Å². The Hall–Kier alpha value is -2.78. The monoisotopic (exact) mass is 394 g/mol. The SMILES string of the molecule is C#CCOc1ccc(CN2CCC(c3cc(=O)[nH]c(N(CC)CC)n3)CC2)cc1. The predicted molar refractivity (Wildman–Crippen MR) is 116 cm³/mol. The van der Waals surface area contributed by atoms with E-state index in [-0.39, 0.29) is 5.56 Å². The lowest BCUT2D eigenvalue weighted by atomic mass is 9.93. The van der Waals surface area contributed by atoms with E-state index in [0.717, 1.165) is 57.0 Å². The number of piperidine rings is 1. The summed E-state index contributed by atoms with van der Waals surface area (Å²) >= 11 is 0. The minimum absolute atomic E-state index is 0.0635. The maximum Gasteiger partial charge on any atom is 0.252 e. The first-order valence-corrected chi connectivity index (χ1v) is 10.4. The van der Waals surface area contributed by atoms with E-state index in [9.17, 15) is 4.79 Å². The van der Waals surface area contributed by atoms with Crippen molar-refractivity contribution >= 4 is 5.95 Å². The molecule has 0 atom stereocenters. The fraction of sp³-hybridized carbons (Fsp3) is 0.478. The number of aromatic nitrogens is 2. The lowest BCUT2D eigenvalue weighted by Crippen LogP contribution is -2.33. The molecule has 0 saturated carbocycles. The number of rotatable bonds is 8. The summed E-state index contributed by atoms with van der Waals surface area (Å²) in [6.07, 6.45) is 7.24. The van der Waals surface area contributed by atoms with Gasteiger partial charge in [-0.15, -0.1) is 6.42 Å². The first-order valence-electron chi connectivity index (χ1n) is 10.4. The van der Waals surface area contributed by atoms with Gasteiger partial charge in [-0.05, 0) is 57.5 Å². The van der Waals surface area contributed by atoms with Crippen LogP contribution in [0.1, 0.15) is 43.9 Å². The number of benzene rings is 1. The number of anilines is 1. The minimum Gasteiger partial charge on any atom is -0.481 e. The van der Waals surface area contributed by atoms with E-state index in [1.54, 1.807) is 6.07 Å². The molecule has 1 aliphatic rings. The van der Waals surface area contributed by atoms with Crippen LogP contribution in [0.15, 0.2) is 35.1 Å². The summed E-state index contributed by atoms with van der Waals surface area (Å²) < 4.78 is 5.43. The highest BCUT2D eigenvalue weighted by atomic mass is 16.5. The van der Waals surface area contributed by atoms with Crippen LogP contribution in [0.4, 0.5) is 5.95 Å². The quantitative estimate of drug-likeness (QED) is 0.698. The normalized spacial score (nSPS) is 15.1. The van der Waals surface area contributed by atoms with Gasteiger partial charge < -0.3 is 9.64 Å². The van der Waals surface area contributed by atoms with E-state index in [1.807, 2.05) is 12.1 Å². The summed E-state index contributed by atoms with van der Waals surface area (Å²) in [5.41, 5.74) is 2.12. The molecule has 29 heavy (non-hydrogen) atoms. The Morgan fingerprint density at radius 2 is 1.93 bits per heavy atom. The lowest BCUT2D eigenvalue weighted by Gasteiger charge is -2.32. The molecule has 6 heteroatoms. The Morgan fingerprint density at radius 3 is 2.55 bits per heavy atom. The summed E-state index contributed by atoms with van der Waals surface area (Å²) in [4.78, 5) is 24.3. The van der Waals surface area contributed by atoms with Gasteiger partial charge in [0, 0.05) is 31.6 Å². The number of terminal acetylenes is 1. The van der Waals surface area contributed by atoms with Crippen LogP contribution in [-0.4, -0.2) is 47.7 Å². The Labute approximate surface area is 172 Å². The maximum atomic E-state index is 12.1. The van der Waals surface area contributed by atoms with E-state index in [0.29, 0.717) is 18.5 Å². The second kappa shape index (κ2) is 10.1. The molecular weight excluding hydrogens is 364 g/mol. The fourth-order valence-electron chi connectivity index (χ4n) is 3.81. The highest BCUT2D eigenvalue weighted by Gasteiger charge is 2.23. The van der Waals surface area contributed by atoms with E-state index in [1.165, 1.54) is 5.56 Å². The summed E-state index contributed by atoms with van der Waals surface area (Å²) in [5.74, 6) is 4.30. The molecule has 1 N–H and O–H groups in total. The summed E-state index contributed by atoms with van der Waals surface area (Å²) in [6.45, 7) is 8.99. The van der Waals surface area contributed by atoms with Crippen LogP contribution in [-0.2, 0) is 6.54 Å². The molecule has 0 radical (unpaired) electrons. The number of nitrogens with one attached hydrogen (secondary N) is 1. The Balaban J connectivity index is 1.58. The molecule has 154 valence electrons. The van der Waals surface area contributed by atoms with Crippen LogP contribution in [0.2, 0.25) is 0 Å². The molecule has 0 spiro atoms. The van der Waals surface area contributed by atoms with E-state index in [4.69, 9.17) is 16.1 Å². The zero-order valence-electron chi connectivity index (χ0n) is 17.4. The smallest absolute Gasteiger partial charge is 0.252 e. The van der Waals surface area contributed by atoms with E-state index < -0.39 is 0 Å². The van der Waals surface area contributed by atoms with Gasteiger partial charge in [-0.3, -0.25) is 14.7 Å². The van der Waals surface area contributed by atoms with Crippen LogP contribution in [0.25, 0.3) is 0 Å². The van der Waals surface area contributed by atoms with Crippen LogP contribution < -0.4 is 15.2 Å². The Morgan fingerprint density at radius 1 is 1.24 bits per heavy atom. The number of hydrogen-bond acceptors (Lipinski definition) is 5. The first kappa shape index (κ1) is 20.9. The van der Waals surface area contributed by atoms with Crippen LogP contribution in [0.5, 0.6) is 5.75 Å². The highest BCUT2D eigenvalue weighted by molar-refractivity contribution is 5.31. The fourth-order valence-corrected chi connectivity index (χ4v) is 3.81. The van der Waals surface area contributed by atoms with Crippen molar-refractivity contribution in [2.24, 2.45) is 0 Å². The van der Waals surface area contributed by atoms with Crippen molar-refractivity contribution < 1.29 is 4.74 Å². The molecule has 0 aliphatic carbocycles. The third-order valence-electron chi connectivity index (χ3n) is 5.47. The number of likely N-dealkylation sites (tertiary alicyclic amines) is 1. The van der Waals surface area contributed by atoms with Gasteiger partial charge in [-0.1, -0.05) is 18.1 Å². The van der Waals surface area contributed by atoms with Gasteiger partial charge in [0.25, 0.3) is 5.56 Å². The number of hydrogen-bond donors (Lipinski definition) is 1. The van der Waals surface area contributed by atoms with Crippen molar-refractivity contribution in [3.63, 3.8) is 0 Å². The average molecular weight is 395 g/mol. The van der Waals surface area contributed by atoms with Crippen molar-refractivity contribution in [2.45, 2.75) is 39.2 Å². The molecule has 0 bridgehead atoms. The van der Waals surface area contributed by atoms with Gasteiger partial charge in [-0.25, -0.2) is 4.98 Å². The lowest BCUT2D eigenvalue weighted by molar-refractivity contribution is 0.203. The molecule has 1 aromatic carbocycles. The van der Waals surface area contributed by atoms with Crippen molar-refractivity contribution in [3.8, 4) is 18.1 Å². The minimum atomic E-state index is -0.0635. The third-order valence-corrected chi connectivity index (χ3v) is 5.47. The molecule has 1 aliphatic heterocycles. The first-order chi connectivity index (χ1) is 14.1. The predicted octanol–water partition coefficient (Wildman–Crippen LogP) is 3.01. The summed E-state index contributed by atoms with van der Waals surface area (Å²) in [7, 11) is 0. The van der Waals surface area contributed by atoms with Crippen LogP contribution >= 0.6 is 0 Å². The van der Waals surface area contributed by atoms with Gasteiger partial charge in [0.05, 0.1) is 5.69 Å². The summed E-state index contributed by atoms with van der Waals surface area (Å²) in [6, 6.07) is 9.78. The molecular formula is C23H30N4O2. The standard InChI is InChI=1S/C23H30N4O2/c1-4-15-29-20-9-7-18(8-10-20)17-26-13-11-19(12-14-26)21-16-22(28)25-23(24-21)27(5-2)6-3/h1,7-10,16,19H,5-6,11-15,17H2,2-3H3,(H,24,25,28). The molecule has 2 heterocycles. The molecule has 1 fully saturated rings. The zero-order valence-corrected chi connectivity index (χ0v) is 17.4. The van der Waals surface area contributed by atoms with E-state index >= 15 is 0 Å². The van der Waals surface area contributed by atoms with Gasteiger partial charge in [0.2, 0.25) is 5.95 Å². The molecule has 0 unspecified atom stereocenters. The maximum absolute atomic E-state index is 12.1. The largest absolute Gasteiger partial charge is 0.481 e. The molecule has 1 saturated heterocycles. The molecule has 6 nitrogen and oxygen atoms in total. The molecule has 0 amide bonds. The van der Waals surface area contributed by atoms with Crippen molar-refractivity contribution in [1.82, 2.24) is 14.9 Å². The molecule has 2 aromatic rings. The second-order valence-corrected chi connectivity index (χ2v) is 7.35. The Bertz CT molecular complexity index is 873. The zero-order chi connectivity index (χ0) is 20.6. The number of nitrogens with zero attached hydrogens (tertiary/aromatic N) is 3. The third kappa shape index (κ3) is 5.61. The molecule has 1 aromatic heterocycles. The van der Waals surface area contributed by atoms with Gasteiger partial charge >= 0.3 is 0 Å². The second-order valence-electron chi connectivity index (χ2n) is 7.35. The van der Waals surface area contributed by atoms with Crippen LogP contribution in [0, 0.1) is 12.3 Å². The van der Waals surface area contributed by atoms with Gasteiger partial charge in [0.15, 0.2) is 0 Å². The highest BCUT2D eigenvalue weighted by Crippen LogP contribution is 2.27. The van der Waals surface area contributed by atoms with E-state index in [2.05, 4.69) is 46.7 Å². The molecule has 3 rings (SSSR count). The summed E-state index contributed by atoms with van der Waals surface area (Å²) in [5, 5.41) is 0. The van der Waals surface area contributed by atoms with Crippen molar-refractivity contribution in [2.75, 3.05) is 37.7 Å². The average Bonchev–Trinajstić information content (AvgIpc) is 2.74. The topological polar surface area (TPSA) is 61.5 Å². The van der Waals surface area contributed by atoms with Crippen LogP contribution in [0.3, 0.4) is 0 Å². The number of aromatic amines is 1. The Kier molecular flexibility index (Phi) is 7.31. The van der Waals surface area contributed by atoms with Gasteiger partial charge in [-0.2, -0.15) is 0 Å². The van der Waals surface area contributed by atoms with Crippen molar-refractivity contribution in [1.29, 1.82) is 0 Å². The number of H-pyrrole nitrogens is 1. The number of ether oxygens (including phenoxy) is 1.